The summed E-state index contributed by atoms with van der Waals surface area (Å²) in [6.45, 7) is 5.79. The Morgan fingerprint density at radius 2 is 1.80 bits per heavy atom. The van der Waals surface area contributed by atoms with E-state index in [1.165, 1.54) is 14.2 Å². The number of ether oxygens (including phenoxy) is 2. The molecule has 1 saturated carbocycles. The number of nitrogens with zero attached hydrogens (tertiary/aromatic N) is 1. The van der Waals surface area contributed by atoms with Gasteiger partial charge < -0.3 is 9.47 Å². The summed E-state index contributed by atoms with van der Waals surface area (Å²) in [4.78, 5) is 24.7. The first kappa shape index (κ1) is 18.5. The zero-order chi connectivity index (χ0) is 18.6. The zero-order valence-electron chi connectivity index (χ0n) is 14.7. The van der Waals surface area contributed by atoms with Crippen molar-refractivity contribution in [2.75, 3.05) is 14.2 Å². The number of rotatable bonds is 4. The van der Waals surface area contributed by atoms with Gasteiger partial charge in [0.1, 0.15) is 0 Å². The zero-order valence-corrected chi connectivity index (χ0v) is 14.7. The fourth-order valence-electron chi connectivity index (χ4n) is 3.43. The number of esters is 2. The Bertz CT molecular complexity index is 752. The van der Waals surface area contributed by atoms with Crippen molar-refractivity contribution >= 4 is 17.5 Å². The van der Waals surface area contributed by atoms with Crippen molar-refractivity contribution in [1.29, 1.82) is 5.26 Å². The monoisotopic (exact) mass is 339 g/mol. The van der Waals surface area contributed by atoms with Crippen LogP contribution in [0.5, 0.6) is 0 Å². The quantitative estimate of drug-likeness (QED) is 0.478. The van der Waals surface area contributed by atoms with Crippen LogP contribution in [0.1, 0.15) is 30.9 Å². The summed E-state index contributed by atoms with van der Waals surface area (Å²) in [6.07, 6.45) is 2.25. The largest absolute Gasteiger partial charge is 0.468 e. The predicted octanol–water partition coefficient (Wildman–Crippen LogP) is 3.26. The van der Waals surface area contributed by atoms with Gasteiger partial charge in [0.2, 0.25) is 0 Å². The Kier molecular flexibility index (Phi) is 5.43. The van der Waals surface area contributed by atoms with Crippen LogP contribution in [0.25, 0.3) is 5.57 Å². The van der Waals surface area contributed by atoms with Crippen LogP contribution in [0.2, 0.25) is 0 Å². The maximum absolute atomic E-state index is 12.4. The number of carbonyl (C=O) groups excluding carboxylic acids is 2. The summed E-state index contributed by atoms with van der Waals surface area (Å²) in [6, 6.07) is 9.29. The van der Waals surface area contributed by atoms with Crippen molar-refractivity contribution < 1.29 is 19.1 Å². The topological polar surface area (TPSA) is 76.4 Å². The van der Waals surface area contributed by atoms with Gasteiger partial charge in [0, 0.05) is 0 Å². The van der Waals surface area contributed by atoms with Crippen molar-refractivity contribution in [3.63, 3.8) is 0 Å². The fraction of sp³-hybridized carbons (Fsp3) is 0.350. The average Bonchev–Trinajstić information content (AvgIpc) is 3.07. The third-order valence-electron chi connectivity index (χ3n) is 4.87. The summed E-state index contributed by atoms with van der Waals surface area (Å²) in [5.41, 5.74) is 2.09. The summed E-state index contributed by atoms with van der Waals surface area (Å²) in [5, 5.41) is 8.93. The van der Waals surface area contributed by atoms with E-state index >= 15 is 0 Å². The SMILES string of the molecule is C=CC1CC(C(=O)OC)(C(=O)OC)C/C1=C(\C)c1ccc(C#N)cc1. The maximum atomic E-state index is 12.4. The lowest BCUT2D eigenvalue weighted by Crippen LogP contribution is -2.39. The first-order chi connectivity index (χ1) is 11.9. The minimum Gasteiger partial charge on any atom is -0.468 e. The molecule has 0 saturated heterocycles. The van der Waals surface area contributed by atoms with Gasteiger partial charge in [-0.3, -0.25) is 9.59 Å². The van der Waals surface area contributed by atoms with E-state index in [4.69, 9.17) is 14.7 Å². The number of nitriles is 1. The third-order valence-corrected chi connectivity index (χ3v) is 4.87. The van der Waals surface area contributed by atoms with Crippen molar-refractivity contribution in [3.05, 3.63) is 53.6 Å². The minimum absolute atomic E-state index is 0.131. The fourth-order valence-corrected chi connectivity index (χ4v) is 3.43. The van der Waals surface area contributed by atoms with Crippen LogP contribution in [-0.4, -0.2) is 26.2 Å². The number of allylic oxidation sites excluding steroid dienone is 3. The average molecular weight is 339 g/mol. The van der Waals surface area contributed by atoms with E-state index < -0.39 is 17.4 Å². The van der Waals surface area contributed by atoms with Gasteiger partial charge in [-0.25, -0.2) is 0 Å². The number of benzene rings is 1. The van der Waals surface area contributed by atoms with Gasteiger partial charge in [-0.15, -0.1) is 6.58 Å². The van der Waals surface area contributed by atoms with Crippen LogP contribution in [0.15, 0.2) is 42.5 Å². The molecule has 1 aromatic rings. The molecule has 0 N–H and O–H groups in total. The van der Waals surface area contributed by atoms with E-state index in [-0.39, 0.29) is 18.8 Å². The number of hydrogen-bond donors (Lipinski definition) is 0. The molecule has 0 bridgehead atoms. The van der Waals surface area contributed by atoms with E-state index in [9.17, 15) is 9.59 Å². The summed E-state index contributed by atoms with van der Waals surface area (Å²) in [7, 11) is 2.54. The van der Waals surface area contributed by atoms with Crippen LogP contribution in [0, 0.1) is 22.7 Å². The minimum atomic E-state index is -1.34. The van der Waals surface area contributed by atoms with Crippen molar-refractivity contribution in [2.24, 2.45) is 11.3 Å². The Labute approximate surface area is 147 Å². The molecule has 1 aromatic carbocycles. The Morgan fingerprint density at radius 3 is 2.24 bits per heavy atom. The molecular weight excluding hydrogens is 318 g/mol. The van der Waals surface area contributed by atoms with E-state index in [0.29, 0.717) is 5.56 Å². The molecule has 1 aliphatic carbocycles. The molecule has 0 spiro atoms. The lowest BCUT2D eigenvalue weighted by Gasteiger charge is -2.22. The second-order valence-corrected chi connectivity index (χ2v) is 6.13. The molecule has 1 aliphatic rings. The van der Waals surface area contributed by atoms with Gasteiger partial charge in [-0.05, 0) is 49.0 Å². The molecule has 0 aliphatic heterocycles. The molecule has 0 amide bonds. The van der Waals surface area contributed by atoms with Crippen LogP contribution in [0.4, 0.5) is 0 Å². The van der Waals surface area contributed by atoms with Crippen molar-refractivity contribution in [1.82, 2.24) is 0 Å². The Morgan fingerprint density at radius 1 is 1.24 bits per heavy atom. The molecule has 130 valence electrons. The highest BCUT2D eigenvalue weighted by Crippen LogP contribution is 2.50. The second kappa shape index (κ2) is 7.35. The van der Waals surface area contributed by atoms with E-state index in [0.717, 1.165) is 16.7 Å². The highest BCUT2D eigenvalue weighted by Gasteiger charge is 2.55. The second-order valence-electron chi connectivity index (χ2n) is 6.13. The molecule has 0 radical (unpaired) electrons. The van der Waals surface area contributed by atoms with Gasteiger partial charge in [-0.1, -0.05) is 23.8 Å². The highest BCUT2D eigenvalue weighted by molar-refractivity contribution is 6.01. The molecule has 5 nitrogen and oxygen atoms in total. The molecule has 5 heteroatoms. The first-order valence-corrected chi connectivity index (χ1v) is 7.93. The van der Waals surface area contributed by atoms with Crippen molar-refractivity contribution in [2.45, 2.75) is 19.8 Å². The van der Waals surface area contributed by atoms with E-state index in [2.05, 4.69) is 12.6 Å². The van der Waals surface area contributed by atoms with Crippen LogP contribution in [-0.2, 0) is 19.1 Å². The third kappa shape index (κ3) is 3.20. The first-order valence-electron chi connectivity index (χ1n) is 7.93. The number of methoxy groups -OCH3 is 2. The summed E-state index contributed by atoms with van der Waals surface area (Å²) in [5.74, 6) is -1.31. The van der Waals surface area contributed by atoms with Gasteiger partial charge in [0.15, 0.2) is 5.41 Å². The molecule has 25 heavy (non-hydrogen) atoms. The smallest absolute Gasteiger partial charge is 0.323 e. The summed E-state index contributed by atoms with van der Waals surface area (Å²) < 4.78 is 9.77. The molecular formula is C20H21NO4. The van der Waals surface area contributed by atoms with Gasteiger partial charge in [0.25, 0.3) is 0 Å². The normalized spacial score (nSPS) is 20.3. The van der Waals surface area contributed by atoms with E-state index in [1.807, 2.05) is 19.1 Å². The molecule has 1 atom stereocenters. The van der Waals surface area contributed by atoms with Gasteiger partial charge >= 0.3 is 11.9 Å². The van der Waals surface area contributed by atoms with Gasteiger partial charge in [-0.2, -0.15) is 5.26 Å². The highest BCUT2D eigenvalue weighted by atomic mass is 16.5. The summed E-state index contributed by atoms with van der Waals surface area (Å²) >= 11 is 0. The maximum Gasteiger partial charge on any atom is 0.323 e. The molecule has 1 unspecified atom stereocenters. The van der Waals surface area contributed by atoms with Crippen LogP contribution in [0.3, 0.4) is 0 Å². The Balaban J connectivity index is 2.52. The number of hydrogen-bond acceptors (Lipinski definition) is 5. The lowest BCUT2D eigenvalue weighted by molar-refractivity contribution is -0.168. The number of carbonyl (C=O) groups is 2. The van der Waals surface area contributed by atoms with Crippen LogP contribution >= 0.6 is 0 Å². The molecule has 2 rings (SSSR count). The standard InChI is InChI=1S/C20H21NO4/c1-5-15-10-20(18(22)24-3,19(23)25-4)11-17(15)13(2)16-8-6-14(12-21)7-9-16/h5-9,15H,1,10-11H2,2-4H3/b17-13-. The van der Waals surface area contributed by atoms with Crippen LogP contribution < -0.4 is 0 Å². The molecule has 0 heterocycles. The molecule has 1 fully saturated rings. The predicted molar refractivity (Wildman–Crippen MR) is 93.1 cm³/mol. The van der Waals surface area contributed by atoms with E-state index in [1.54, 1.807) is 18.2 Å². The Hall–Kier alpha value is -2.87. The van der Waals surface area contributed by atoms with Crippen molar-refractivity contribution in [3.8, 4) is 6.07 Å². The van der Waals surface area contributed by atoms with Gasteiger partial charge in [0.05, 0.1) is 25.9 Å². The molecule has 0 aromatic heterocycles. The lowest BCUT2D eigenvalue weighted by atomic mass is 9.85.